The van der Waals surface area contributed by atoms with E-state index in [2.05, 4.69) is 18.1 Å². The molecule has 31 heavy (non-hydrogen) atoms. The molecule has 0 amide bonds. The van der Waals surface area contributed by atoms with Crippen molar-refractivity contribution in [2.45, 2.75) is 24.1 Å². The van der Waals surface area contributed by atoms with Crippen LogP contribution in [0.3, 0.4) is 0 Å². The van der Waals surface area contributed by atoms with Gasteiger partial charge in [0.15, 0.2) is 6.23 Å². The van der Waals surface area contributed by atoms with Crippen LogP contribution in [0.25, 0.3) is 0 Å². The number of nitrogen functional groups attached to an aromatic ring is 1. The van der Waals surface area contributed by atoms with E-state index in [1.54, 1.807) is 0 Å². The summed E-state index contributed by atoms with van der Waals surface area (Å²) in [4.78, 5) is 50.7. The van der Waals surface area contributed by atoms with Gasteiger partial charge in [0.05, 0.1) is 9.30 Å². The second kappa shape index (κ2) is 9.02. The summed E-state index contributed by atoms with van der Waals surface area (Å²) in [5.41, 5.74) is 0.420. The average molecular weight is 519 g/mol. The van der Waals surface area contributed by atoms with Crippen molar-refractivity contribution in [3.8, 4) is 0 Å². The van der Waals surface area contributed by atoms with Crippen LogP contribution in [0.2, 0.25) is 0 Å². The van der Waals surface area contributed by atoms with Crippen LogP contribution in [0.5, 0.6) is 0 Å². The van der Waals surface area contributed by atoms with E-state index < -0.39 is 66.5 Å². The topological polar surface area (TPSA) is 250 Å². The van der Waals surface area contributed by atoms with Gasteiger partial charge in [-0.25, -0.2) is 27.3 Å². The van der Waals surface area contributed by atoms with Gasteiger partial charge in [-0.1, -0.05) is 0 Å². The summed E-state index contributed by atoms with van der Waals surface area (Å²) in [6.45, 7) is -5.89. The lowest BCUT2D eigenvalue weighted by Crippen LogP contribution is -2.47. The molecule has 3 unspecified atom stereocenters. The molecule has 0 spiro atoms. The van der Waals surface area contributed by atoms with E-state index in [1.807, 2.05) is 0 Å². The van der Waals surface area contributed by atoms with E-state index in [4.69, 9.17) is 27.9 Å². The first-order valence-electron chi connectivity index (χ1n) is 8.51. The van der Waals surface area contributed by atoms with Gasteiger partial charge in [0.25, 0.3) is 0 Å². The van der Waals surface area contributed by atoms with Crippen LogP contribution < -0.4 is 11.4 Å². The SMILES string of the molecule is [2H]C([2H])(OP(=O)(O)OP(=O)(O)OP(=O)(O)O)[C@H]1O[C@@H](n2ccc(N)nc2=O)C(F)(CF)[C@H]1O. The molecular weight excluding hydrogens is 501 g/mol. The number of hydrogen-bond acceptors (Lipinski definition) is 11. The maximum Gasteiger partial charge on any atom is 0.490 e. The molecule has 1 aromatic rings. The lowest BCUT2D eigenvalue weighted by atomic mass is 9.97. The van der Waals surface area contributed by atoms with Gasteiger partial charge in [-0.2, -0.15) is 13.6 Å². The van der Waals surface area contributed by atoms with E-state index in [-0.39, 0.29) is 5.82 Å². The van der Waals surface area contributed by atoms with Gasteiger partial charge in [-0.15, -0.1) is 0 Å². The minimum Gasteiger partial charge on any atom is -0.387 e. The zero-order chi connectivity index (χ0) is 25.6. The van der Waals surface area contributed by atoms with Crippen LogP contribution in [0.15, 0.2) is 17.1 Å². The molecule has 2 rings (SSSR count). The molecule has 0 saturated carbocycles. The Morgan fingerprint density at radius 2 is 1.90 bits per heavy atom. The summed E-state index contributed by atoms with van der Waals surface area (Å²) in [6, 6.07) is 0.948. The number of ether oxygens (including phenoxy) is 1. The molecule has 2 heterocycles. The maximum atomic E-state index is 15.2. The average Bonchev–Trinajstić information content (AvgIpc) is 2.83. The zero-order valence-electron chi connectivity index (χ0n) is 16.7. The van der Waals surface area contributed by atoms with Crippen molar-refractivity contribution in [3.63, 3.8) is 0 Å². The number of aliphatic hydroxyl groups excluding tert-OH is 1. The lowest BCUT2D eigenvalue weighted by molar-refractivity contribution is -0.0730. The Labute approximate surface area is 173 Å². The Kier molecular flexibility index (Phi) is 6.70. The number of anilines is 1. The number of hydrogen-bond donors (Lipinski definition) is 6. The van der Waals surface area contributed by atoms with Crippen molar-refractivity contribution < 1.29 is 67.8 Å². The van der Waals surface area contributed by atoms with Crippen molar-refractivity contribution in [1.82, 2.24) is 9.55 Å². The first kappa shape index (κ1) is 23.0. The molecule has 0 aromatic carbocycles. The fraction of sp³-hybridized carbons (Fsp3) is 0.600. The molecule has 0 bridgehead atoms. The van der Waals surface area contributed by atoms with Crippen LogP contribution in [-0.2, 0) is 31.6 Å². The molecule has 0 aliphatic carbocycles. The van der Waals surface area contributed by atoms with Crippen molar-refractivity contribution in [2.75, 3.05) is 19.0 Å². The Bertz CT molecular complexity index is 1100. The van der Waals surface area contributed by atoms with Crippen molar-refractivity contribution >= 4 is 29.3 Å². The highest BCUT2D eigenvalue weighted by Gasteiger charge is 2.59. The maximum absolute atomic E-state index is 15.2. The highest BCUT2D eigenvalue weighted by molar-refractivity contribution is 7.66. The van der Waals surface area contributed by atoms with Crippen molar-refractivity contribution in [1.29, 1.82) is 0 Å². The number of nitrogens with zero attached hydrogens (tertiary/aromatic N) is 2. The van der Waals surface area contributed by atoms with Crippen molar-refractivity contribution in [2.24, 2.45) is 0 Å². The molecule has 21 heteroatoms. The Hall–Kier alpha value is -1.13. The molecule has 16 nitrogen and oxygen atoms in total. The second-order valence-corrected chi connectivity index (χ2v) is 10.1. The van der Waals surface area contributed by atoms with Crippen molar-refractivity contribution in [3.05, 3.63) is 22.7 Å². The largest absolute Gasteiger partial charge is 0.490 e. The molecule has 6 atom stereocenters. The summed E-state index contributed by atoms with van der Waals surface area (Å²) in [5, 5.41) is 10.1. The second-order valence-electron chi connectivity index (χ2n) is 5.76. The van der Waals surface area contributed by atoms with Crippen LogP contribution in [0, 0.1) is 0 Å². The lowest BCUT2D eigenvalue weighted by Gasteiger charge is -2.26. The van der Waals surface area contributed by atoms with E-state index in [0.29, 0.717) is 4.57 Å². The monoisotopic (exact) mass is 519 g/mol. The van der Waals surface area contributed by atoms with E-state index >= 15 is 4.39 Å². The predicted molar refractivity (Wildman–Crippen MR) is 92.5 cm³/mol. The summed E-state index contributed by atoms with van der Waals surface area (Å²) >= 11 is 0. The third kappa shape index (κ3) is 6.44. The van der Waals surface area contributed by atoms with Crippen LogP contribution in [0.1, 0.15) is 8.97 Å². The fourth-order valence-corrected chi connectivity index (χ4v) is 5.15. The summed E-state index contributed by atoms with van der Waals surface area (Å²) < 4.78 is 93.8. The third-order valence-electron chi connectivity index (χ3n) is 3.47. The molecule has 1 aliphatic heterocycles. The molecule has 1 fully saturated rings. The molecule has 1 aromatic heterocycles. The molecule has 1 saturated heterocycles. The third-order valence-corrected chi connectivity index (χ3v) is 7.14. The zero-order valence-corrected chi connectivity index (χ0v) is 17.3. The quantitative estimate of drug-likeness (QED) is 0.216. The molecular formula is C10H16F2N3O13P3. The first-order chi connectivity index (χ1) is 14.7. The van der Waals surface area contributed by atoms with E-state index in [0.717, 1.165) is 12.3 Å². The number of phosphoric ester groups is 1. The predicted octanol–water partition coefficient (Wildman–Crippen LogP) is -0.895. The number of nitrogens with two attached hydrogens (primary N) is 1. The Morgan fingerprint density at radius 1 is 1.29 bits per heavy atom. The van der Waals surface area contributed by atoms with Crippen LogP contribution in [0.4, 0.5) is 14.6 Å². The first-order valence-corrected chi connectivity index (χ1v) is 12.0. The van der Waals surface area contributed by atoms with Gasteiger partial charge in [-0.05, 0) is 6.07 Å². The minimum absolute atomic E-state index is 0.292. The van der Waals surface area contributed by atoms with Gasteiger partial charge in [-0.3, -0.25) is 9.09 Å². The highest BCUT2D eigenvalue weighted by Crippen LogP contribution is 2.66. The van der Waals surface area contributed by atoms with Gasteiger partial charge in [0.2, 0.25) is 5.67 Å². The number of rotatable bonds is 9. The van der Waals surface area contributed by atoms with Crippen LogP contribution >= 0.6 is 23.5 Å². The van der Waals surface area contributed by atoms with E-state index in [1.165, 1.54) is 0 Å². The molecule has 178 valence electrons. The summed E-state index contributed by atoms with van der Waals surface area (Å²) in [7, 11) is -17.9. The minimum atomic E-state index is -6.12. The summed E-state index contributed by atoms with van der Waals surface area (Å²) in [6.07, 6.45) is -7.13. The highest BCUT2D eigenvalue weighted by atomic mass is 31.3. The van der Waals surface area contributed by atoms with Gasteiger partial charge in [0, 0.05) is 6.20 Å². The number of aliphatic hydroxyl groups is 1. The fourth-order valence-electron chi connectivity index (χ4n) is 2.28. The number of alkyl halides is 2. The number of halogens is 2. The van der Waals surface area contributed by atoms with Gasteiger partial charge < -0.3 is 35.2 Å². The summed E-state index contributed by atoms with van der Waals surface area (Å²) in [5.74, 6) is -0.334. The Balaban J connectivity index is 2.34. The Morgan fingerprint density at radius 3 is 2.42 bits per heavy atom. The van der Waals surface area contributed by atoms with Gasteiger partial charge >= 0.3 is 29.2 Å². The van der Waals surface area contributed by atoms with Crippen LogP contribution in [-0.4, -0.2) is 65.3 Å². The normalized spacial score (nSPS) is 32.0. The molecule has 1 aliphatic rings. The standard InChI is InChI=1S/C10H16F2N3O13P3/c11-4-10(12)7(16)5(26-8(10)15-2-1-6(13)14-9(15)17)3-25-30(21,22)28-31(23,24)27-29(18,19)20/h1-2,5,7-8,16H,3-4H2,(H,21,22)(H,23,24)(H2,13,14,17)(H2,18,19,20)/t5-,7+,8-,10?/m1/s1/i3D2. The number of aromatic nitrogens is 2. The van der Waals surface area contributed by atoms with Gasteiger partial charge in [0.1, 0.15) is 24.7 Å². The smallest absolute Gasteiger partial charge is 0.387 e. The van der Waals surface area contributed by atoms with E-state index in [9.17, 15) is 32.9 Å². The molecule has 7 N–H and O–H groups in total. The number of phosphoric acid groups is 3. The molecule has 0 radical (unpaired) electrons.